The van der Waals surface area contributed by atoms with E-state index in [2.05, 4.69) is 15.5 Å². The van der Waals surface area contributed by atoms with Gasteiger partial charge in [0, 0.05) is 16.9 Å². The van der Waals surface area contributed by atoms with E-state index >= 15 is 0 Å². The summed E-state index contributed by atoms with van der Waals surface area (Å²) in [4.78, 5) is 13.5. The number of carbonyl (C=O) groups is 1. The Balaban J connectivity index is 1.24. The molecule has 1 aromatic heterocycles. The topological polar surface area (TPSA) is 59.8 Å². The summed E-state index contributed by atoms with van der Waals surface area (Å²) >= 11 is 1.46. The average Bonchev–Trinajstić information content (AvgIpc) is 3.28. The first-order valence-electron chi connectivity index (χ1n) is 12.9. The summed E-state index contributed by atoms with van der Waals surface area (Å²) in [6.45, 7) is 0.181. The van der Waals surface area contributed by atoms with Crippen molar-refractivity contribution in [3.8, 4) is 5.69 Å². The molecule has 1 amide bonds. The summed E-state index contributed by atoms with van der Waals surface area (Å²) in [6.07, 6.45) is 2.27. The second kappa shape index (κ2) is 9.49. The maximum absolute atomic E-state index is 13.5. The van der Waals surface area contributed by atoms with E-state index in [-0.39, 0.29) is 17.9 Å². The van der Waals surface area contributed by atoms with Crippen molar-refractivity contribution in [1.29, 1.82) is 0 Å². The molecule has 0 radical (unpaired) electrons. The number of alkyl halides is 3. The molecule has 0 unspecified atom stereocenters. The van der Waals surface area contributed by atoms with E-state index in [4.69, 9.17) is 0 Å². The van der Waals surface area contributed by atoms with Gasteiger partial charge in [0.2, 0.25) is 5.91 Å². The number of nitrogens with one attached hydrogen (secondary N) is 1. The van der Waals surface area contributed by atoms with Gasteiger partial charge in [-0.2, -0.15) is 13.2 Å². The number of amides is 1. The van der Waals surface area contributed by atoms with Crippen molar-refractivity contribution < 1.29 is 18.0 Å². The van der Waals surface area contributed by atoms with Crippen LogP contribution in [0.25, 0.3) is 5.69 Å². The van der Waals surface area contributed by atoms with E-state index in [0.717, 1.165) is 37.0 Å². The van der Waals surface area contributed by atoms with Crippen molar-refractivity contribution >= 4 is 17.7 Å². The van der Waals surface area contributed by atoms with E-state index in [1.807, 2.05) is 30.3 Å². The van der Waals surface area contributed by atoms with Gasteiger partial charge in [0.25, 0.3) is 0 Å². The minimum absolute atomic E-state index is 0.0899. The van der Waals surface area contributed by atoms with Crippen molar-refractivity contribution in [3.05, 3.63) is 71.5 Å². The lowest BCUT2D eigenvalue weighted by atomic mass is 9.49. The predicted octanol–water partition coefficient (Wildman–Crippen LogP) is 6.41. The van der Waals surface area contributed by atoms with Crippen molar-refractivity contribution in [2.24, 2.45) is 23.2 Å². The molecule has 3 aromatic rings. The molecule has 1 heterocycles. The van der Waals surface area contributed by atoms with Crippen LogP contribution < -0.4 is 5.32 Å². The molecule has 2 aromatic carbocycles. The van der Waals surface area contributed by atoms with Crippen LogP contribution in [0.3, 0.4) is 0 Å². The Morgan fingerprint density at radius 1 is 0.946 bits per heavy atom. The van der Waals surface area contributed by atoms with Crippen LogP contribution in [-0.2, 0) is 23.3 Å². The third-order valence-electron chi connectivity index (χ3n) is 8.29. The molecule has 4 aliphatic carbocycles. The number of benzene rings is 2. The zero-order valence-electron chi connectivity index (χ0n) is 20.4. The molecule has 4 aliphatic rings. The molecule has 4 saturated carbocycles. The first-order valence-corrected chi connectivity index (χ1v) is 13.8. The fourth-order valence-corrected chi connectivity index (χ4v) is 7.95. The number of aromatic nitrogens is 3. The smallest absolute Gasteiger partial charge is 0.348 e. The maximum Gasteiger partial charge on any atom is 0.416 e. The second-order valence-electron chi connectivity index (χ2n) is 10.9. The summed E-state index contributed by atoms with van der Waals surface area (Å²) in [5, 5.41) is 12.4. The molecular weight excluding hydrogens is 497 g/mol. The number of hydrogen-bond donors (Lipinski definition) is 1. The Labute approximate surface area is 218 Å². The van der Waals surface area contributed by atoms with Crippen LogP contribution >= 0.6 is 11.8 Å². The molecule has 0 saturated heterocycles. The number of nitrogens with zero attached hydrogens (tertiary/aromatic N) is 3. The van der Waals surface area contributed by atoms with Crippen LogP contribution in [0.15, 0.2) is 59.8 Å². The van der Waals surface area contributed by atoms with E-state index in [0.29, 0.717) is 40.2 Å². The molecule has 0 aliphatic heterocycles. The van der Waals surface area contributed by atoms with Gasteiger partial charge >= 0.3 is 6.18 Å². The molecule has 1 N–H and O–H groups in total. The fourth-order valence-electron chi connectivity index (χ4n) is 7.02. The van der Waals surface area contributed by atoms with Crippen molar-refractivity contribution in [2.75, 3.05) is 0 Å². The Kier molecular flexibility index (Phi) is 6.29. The quantitative estimate of drug-likeness (QED) is 0.362. The summed E-state index contributed by atoms with van der Waals surface area (Å²) in [7, 11) is 0. The van der Waals surface area contributed by atoms with Gasteiger partial charge in [0.05, 0.1) is 12.1 Å². The Hall–Kier alpha value is -2.81. The lowest BCUT2D eigenvalue weighted by Gasteiger charge is -2.55. The highest BCUT2D eigenvalue weighted by Gasteiger charge is 2.54. The molecule has 4 fully saturated rings. The standard InChI is InChI=1S/C28H29F3N4OS/c29-28(30,31)22-6-8-23(9-7-22)35-24(33-34-26(35)37-17-18-4-2-1-3-5-18)16-32-25(36)27-13-19-10-20(14-27)12-21(11-19)15-27/h1-9,19-21H,10-17H2,(H,32,36). The monoisotopic (exact) mass is 526 g/mol. The first-order chi connectivity index (χ1) is 17.8. The molecular formula is C28H29F3N4OS. The molecule has 194 valence electrons. The van der Waals surface area contributed by atoms with Crippen LogP contribution in [0, 0.1) is 23.2 Å². The van der Waals surface area contributed by atoms with Gasteiger partial charge in [-0.1, -0.05) is 42.1 Å². The lowest BCUT2D eigenvalue weighted by molar-refractivity contribution is -0.146. The minimum Gasteiger partial charge on any atom is -0.348 e. The van der Waals surface area contributed by atoms with Gasteiger partial charge in [-0.05, 0) is 86.1 Å². The normalized spacial score (nSPS) is 26.4. The van der Waals surface area contributed by atoms with Gasteiger partial charge in [0.15, 0.2) is 11.0 Å². The summed E-state index contributed by atoms with van der Waals surface area (Å²) in [6, 6.07) is 14.9. The first kappa shape index (κ1) is 24.5. The highest BCUT2D eigenvalue weighted by Crippen LogP contribution is 2.60. The van der Waals surface area contributed by atoms with Crippen molar-refractivity contribution in [2.45, 2.75) is 62.2 Å². The van der Waals surface area contributed by atoms with Gasteiger partial charge < -0.3 is 5.32 Å². The zero-order chi connectivity index (χ0) is 25.6. The Morgan fingerprint density at radius 3 is 2.16 bits per heavy atom. The summed E-state index contributed by atoms with van der Waals surface area (Å²) in [5.74, 6) is 3.22. The Morgan fingerprint density at radius 2 is 1.57 bits per heavy atom. The van der Waals surface area contributed by atoms with Crippen molar-refractivity contribution in [1.82, 2.24) is 20.1 Å². The fraction of sp³-hybridized carbons (Fsp3) is 0.464. The predicted molar refractivity (Wildman–Crippen MR) is 135 cm³/mol. The highest BCUT2D eigenvalue weighted by atomic mass is 32.2. The summed E-state index contributed by atoms with van der Waals surface area (Å²) < 4.78 is 41.3. The summed E-state index contributed by atoms with van der Waals surface area (Å²) in [5.41, 5.74) is 0.650. The molecule has 7 rings (SSSR count). The zero-order valence-corrected chi connectivity index (χ0v) is 21.2. The third-order valence-corrected chi connectivity index (χ3v) is 9.29. The number of thioether (sulfide) groups is 1. The van der Waals surface area contributed by atoms with Gasteiger partial charge in [-0.25, -0.2) is 0 Å². The van der Waals surface area contributed by atoms with Crippen LogP contribution in [0.2, 0.25) is 0 Å². The van der Waals surface area contributed by atoms with E-state index in [1.165, 1.54) is 43.2 Å². The van der Waals surface area contributed by atoms with Gasteiger partial charge in [0.1, 0.15) is 0 Å². The molecule has 5 nitrogen and oxygen atoms in total. The van der Waals surface area contributed by atoms with E-state index in [9.17, 15) is 18.0 Å². The molecule has 9 heteroatoms. The third kappa shape index (κ3) is 4.90. The molecule has 0 atom stereocenters. The lowest BCUT2D eigenvalue weighted by Crippen LogP contribution is -2.53. The number of carbonyl (C=O) groups excluding carboxylic acids is 1. The number of halogens is 3. The van der Waals surface area contributed by atoms with Crippen LogP contribution in [0.5, 0.6) is 0 Å². The van der Waals surface area contributed by atoms with Gasteiger partial charge in [-0.3, -0.25) is 9.36 Å². The largest absolute Gasteiger partial charge is 0.416 e. The van der Waals surface area contributed by atoms with E-state index < -0.39 is 11.7 Å². The van der Waals surface area contributed by atoms with Gasteiger partial charge in [-0.15, -0.1) is 10.2 Å². The number of hydrogen-bond acceptors (Lipinski definition) is 4. The van der Waals surface area contributed by atoms with Crippen LogP contribution in [0.4, 0.5) is 13.2 Å². The molecule has 0 spiro atoms. The molecule has 37 heavy (non-hydrogen) atoms. The number of rotatable bonds is 7. The van der Waals surface area contributed by atoms with Crippen LogP contribution in [0.1, 0.15) is 55.5 Å². The SMILES string of the molecule is O=C(NCc1nnc(SCc2ccccc2)n1-c1ccc(C(F)(F)F)cc1)C12CC3CC(CC(C3)C1)C2. The minimum atomic E-state index is -4.41. The highest BCUT2D eigenvalue weighted by molar-refractivity contribution is 7.98. The van der Waals surface area contributed by atoms with Crippen molar-refractivity contribution in [3.63, 3.8) is 0 Å². The molecule has 4 bridgehead atoms. The Bertz CT molecular complexity index is 1240. The van der Waals surface area contributed by atoms with Crippen LogP contribution in [-0.4, -0.2) is 20.7 Å². The average molecular weight is 527 g/mol. The maximum atomic E-state index is 13.5. The second-order valence-corrected chi connectivity index (χ2v) is 11.9. The van der Waals surface area contributed by atoms with E-state index in [1.54, 1.807) is 4.57 Å².